The molecule has 0 aliphatic heterocycles. The summed E-state index contributed by atoms with van der Waals surface area (Å²) in [7, 11) is 1.37. The third kappa shape index (κ3) is 3.76. The van der Waals surface area contributed by atoms with Gasteiger partial charge in [0, 0.05) is 5.69 Å². The zero-order chi connectivity index (χ0) is 15.2. The maximum absolute atomic E-state index is 11.9. The Hall–Kier alpha value is -1.55. The monoisotopic (exact) mass is 291 g/mol. The number of carbonyl (C=O) groups excluding carboxylic acids is 1. The van der Waals surface area contributed by atoms with Crippen molar-refractivity contribution in [3.8, 4) is 0 Å². The molecule has 0 heterocycles. The molecule has 2 unspecified atom stereocenters. The van der Waals surface area contributed by atoms with Gasteiger partial charge in [0.25, 0.3) is 0 Å². The summed E-state index contributed by atoms with van der Waals surface area (Å²) in [5.41, 5.74) is 7.59. The minimum Gasteiger partial charge on any atom is -0.465 e. The van der Waals surface area contributed by atoms with Crippen molar-refractivity contribution in [2.24, 2.45) is 5.92 Å². The number of ether oxygens (including phenoxy) is 2. The number of anilines is 1. The molecule has 1 aromatic rings. The summed E-state index contributed by atoms with van der Waals surface area (Å²) in [5, 5.41) is 0. The van der Waals surface area contributed by atoms with E-state index in [-0.39, 0.29) is 6.10 Å². The smallest absolute Gasteiger partial charge is 0.340 e. The van der Waals surface area contributed by atoms with E-state index in [2.05, 4.69) is 6.92 Å². The summed E-state index contributed by atoms with van der Waals surface area (Å²) in [6, 6.07) is 5.44. The van der Waals surface area contributed by atoms with E-state index in [0.717, 1.165) is 18.4 Å². The predicted molar refractivity (Wildman–Crippen MR) is 83.0 cm³/mol. The van der Waals surface area contributed by atoms with Crippen LogP contribution in [0.5, 0.6) is 0 Å². The maximum Gasteiger partial charge on any atom is 0.340 e. The molecule has 0 amide bonds. The highest BCUT2D eigenvalue weighted by molar-refractivity contribution is 5.96. The third-order valence-corrected chi connectivity index (χ3v) is 4.39. The number of hydrogen-bond acceptors (Lipinski definition) is 4. The van der Waals surface area contributed by atoms with Crippen LogP contribution in [-0.2, 0) is 16.1 Å². The molecule has 0 aromatic heterocycles. The highest BCUT2D eigenvalue weighted by Gasteiger charge is 2.25. The molecule has 1 saturated carbocycles. The fourth-order valence-corrected chi connectivity index (χ4v) is 3.15. The van der Waals surface area contributed by atoms with E-state index < -0.39 is 5.97 Å². The lowest BCUT2D eigenvalue weighted by Crippen LogP contribution is -2.27. The maximum atomic E-state index is 11.9. The minimum absolute atomic E-state index is 0.288. The van der Waals surface area contributed by atoms with Crippen LogP contribution in [0.3, 0.4) is 0 Å². The molecule has 21 heavy (non-hydrogen) atoms. The minimum atomic E-state index is -0.401. The molecule has 0 radical (unpaired) electrons. The van der Waals surface area contributed by atoms with Crippen molar-refractivity contribution in [2.75, 3.05) is 12.8 Å². The zero-order valence-corrected chi connectivity index (χ0v) is 12.9. The van der Waals surface area contributed by atoms with E-state index in [4.69, 9.17) is 15.2 Å². The second-order valence-corrected chi connectivity index (χ2v) is 5.68. The van der Waals surface area contributed by atoms with E-state index in [1.165, 1.54) is 26.4 Å². The van der Waals surface area contributed by atoms with Crippen LogP contribution < -0.4 is 5.73 Å². The van der Waals surface area contributed by atoms with Crippen molar-refractivity contribution in [2.45, 2.75) is 51.7 Å². The van der Waals surface area contributed by atoms with Gasteiger partial charge in [-0.25, -0.2) is 4.79 Å². The molecule has 4 heteroatoms. The van der Waals surface area contributed by atoms with Crippen molar-refractivity contribution in [1.29, 1.82) is 0 Å². The summed E-state index contributed by atoms with van der Waals surface area (Å²) >= 11 is 0. The van der Waals surface area contributed by atoms with Crippen LogP contribution in [0.2, 0.25) is 0 Å². The quantitative estimate of drug-likeness (QED) is 0.666. The number of hydrogen-bond donors (Lipinski definition) is 1. The van der Waals surface area contributed by atoms with E-state index >= 15 is 0 Å². The fourth-order valence-electron chi connectivity index (χ4n) is 3.15. The topological polar surface area (TPSA) is 61.5 Å². The lowest BCUT2D eigenvalue weighted by Gasteiger charge is -2.31. The molecule has 0 saturated heterocycles. The fraction of sp³-hybridized carbons (Fsp3) is 0.588. The molecule has 2 rings (SSSR count). The van der Waals surface area contributed by atoms with Crippen LogP contribution in [0.15, 0.2) is 18.2 Å². The van der Waals surface area contributed by atoms with Crippen LogP contribution >= 0.6 is 0 Å². The molecular formula is C17H25NO3. The van der Waals surface area contributed by atoms with Gasteiger partial charge in [0.15, 0.2) is 0 Å². The molecule has 2 N–H and O–H groups in total. The van der Waals surface area contributed by atoms with Crippen molar-refractivity contribution in [1.82, 2.24) is 0 Å². The van der Waals surface area contributed by atoms with Crippen molar-refractivity contribution < 1.29 is 14.3 Å². The second-order valence-electron chi connectivity index (χ2n) is 5.68. The predicted octanol–water partition coefficient (Wildman–Crippen LogP) is 3.54. The first kappa shape index (κ1) is 15.8. The second kappa shape index (κ2) is 7.46. The van der Waals surface area contributed by atoms with Crippen LogP contribution in [0.25, 0.3) is 0 Å². The molecule has 0 bridgehead atoms. The highest BCUT2D eigenvalue weighted by Crippen LogP contribution is 2.30. The molecule has 0 spiro atoms. The molecule has 116 valence electrons. The average molecular weight is 291 g/mol. The van der Waals surface area contributed by atoms with Gasteiger partial charge in [0.1, 0.15) is 0 Å². The summed E-state index contributed by atoms with van der Waals surface area (Å²) in [4.78, 5) is 11.9. The third-order valence-electron chi connectivity index (χ3n) is 4.39. The Balaban J connectivity index is 2.09. The summed E-state index contributed by atoms with van der Waals surface area (Å²) in [5.74, 6) is 0.226. The largest absolute Gasteiger partial charge is 0.465 e. The van der Waals surface area contributed by atoms with E-state index in [1.807, 2.05) is 12.1 Å². The van der Waals surface area contributed by atoms with Gasteiger partial charge >= 0.3 is 5.97 Å². The van der Waals surface area contributed by atoms with Gasteiger partial charge in [0.2, 0.25) is 0 Å². The standard InChI is InChI=1S/C17H25NO3/c1-3-12-7-4-5-10-15(12)21-11-13-8-6-9-14(18)16(13)17(19)20-2/h6,8-9,12,15H,3-5,7,10-11,18H2,1-2H3. The van der Waals surface area contributed by atoms with E-state index in [1.54, 1.807) is 6.07 Å². The summed E-state index contributed by atoms with van der Waals surface area (Å²) < 4.78 is 10.9. The summed E-state index contributed by atoms with van der Waals surface area (Å²) in [6.07, 6.45) is 6.30. The van der Waals surface area contributed by atoms with E-state index in [9.17, 15) is 4.79 Å². The van der Waals surface area contributed by atoms with Crippen molar-refractivity contribution in [3.05, 3.63) is 29.3 Å². The summed E-state index contributed by atoms with van der Waals surface area (Å²) in [6.45, 7) is 2.63. The molecule has 2 atom stereocenters. The van der Waals surface area contributed by atoms with E-state index in [0.29, 0.717) is 23.8 Å². The first-order chi connectivity index (χ1) is 10.2. The molecular weight excluding hydrogens is 266 g/mol. The van der Waals surface area contributed by atoms with Crippen LogP contribution in [-0.4, -0.2) is 19.2 Å². The Morgan fingerprint density at radius 2 is 2.10 bits per heavy atom. The molecule has 1 aromatic carbocycles. The zero-order valence-electron chi connectivity index (χ0n) is 12.9. The number of rotatable bonds is 5. The number of nitrogens with two attached hydrogens (primary N) is 1. The normalized spacial score (nSPS) is 22.0. The molecule has 4 nitrogen and oxygen atoms in total. The lowest BCUT2D eigenvalue weighted by molar-refractivity contribution is -0.0225. The first-order valence-corrected chi connectivity index (χ1v) is 7.74. The molecule has 1 fully saturated rings. The Labute approximate surface area is 126 Å². The Morgan fingerprint density at radius 3 is 2.81 bits per heavy atom. The van der Waals surface area contributed by atoms with Crippen LogP contribution in [0, 0.1) is 5.92 Å². The number of esters is 1. The van der Waals surface area contributed by atoms with Gasteiger partial charge < -0.3 is 15.2 Å². The SMILES string of the molecule is CCC1CCCCC1OCc1cccc(N)c1C(=O)OC. The molecule has 1 aliphatic carbocycles. The number of nitrogen functional groups attached to an aromatic ring is 1. The Bertz CT molecular complexity index is 487. The highest BCUT2D eigenvalue weighted by atomic mass is 16.5. The molecule has 1 aliphatic rings. The van der Waals surface area contributed by atoms with Gasteiger partial charge in [-0.1, -0.05) is 38.3 Å². The Morgan fingerprint density at radius 1 is 1.33 bits per heavy atom. The number of carbonyl (C=O) groups is 1. The number of methoxy groups -OCH3 is 1. The Kier molecular flexibility index (Phi) is 5.62. The van der Waals surface area contributed by atoms with Gasteiger partial charge in [-0.2, -0.15) is 0 Å². The van der Waals surface area contributed by atoms with Gasteiger partial charge in [-0.05, 0) is 30.4 Å². The first-order valence-electron chi connectivity index (χ1n) is 7.74. The average Bonchev–Trinajstić information content (AvgIpc) is 2.52. The lowest BCUT2D eigenvalue weighted by atomic mass is 9.85. The van der Waals surface area contributed by atoms with Crippen LogP contribution in [0.4, 0.5) is 5.69 Å². The van der Waals surface area contributed by atoms with Gasteiger partial charge in [0.05, 0.1) is 25.4 Å². The number of benzene rings is 1. The van der Waals surface area contributed by atoms with Gasteiger partial charge in [-0.15, -0.1) is 0 Å². The van der Waals surface area contributed by atoms with Crippen molar-refractivity contribution >= 4 is 11.7 Å². The van der Waals surface area contributed by atoms with Gasteiger partial charge in [-0.3, -0.25) is 0 Å². The van der Waals surface area contributed by atoms with Crippen molar-refractivity contribution in [3.63, 3.8) is 0 Å². The van der Waals surface area contributed by atoms with Crippen LogP contribution in [0.1, 0.15) is 54.9 Å².